The lowest BCUT2D eigenvalue weighted by molar-refractivity contribution is 0.0914. The van der Waals surface area contributed by atoms with Crippen molar-refractivity contribution < 1.29 is 13.6 Å². The van der Waals surface area contributed by atoms with E-state index in [2.05, 4.69) is 20.5 Å². The van der Waals surface area contributed by atoms with Gasteiger partial charge in [0, 0.05) is 11.2 Å². The van der Waals surface area contributed by atoms with Crippen molar-refractivity contribution in [2.75, 3.05) is 0 Å². The van der Waals surface area contributed by atoms with Crippen LogP contribution in [0, 0.1) is 5.82 Å². The van der Waals surface area contributed by atoms with Gasteiger partial charge in [0.05, 0.1) is 18.7 Å². The maximum atomic E-state index is 13.0. The monoisotopic (exact) mass is 346 g/mol. The Morgan fingerprint density at radius 3 is 2.88 bits per heavy atom. The molecule has 3 aromatic rings. The molecule has 6 nitrogen and oxygen atoms in total. The topological polar surface area (TPSA) is 80.9 Å². The van der Waals surface area contributed by atoms with Crippen LogP contribution >= 0.6 is 11.6 Å². The summed E-state index contributed by atoms with van der Waals surface area (Å²) in [5.74, 6) is -0.862. The minimum Gasteiger partial charge on any atom is -0.417 e. The zero-order chi connectivity index (χ0) is 16.9. The predicted octanol–water partition coefficient (Wildman–Crippen LogP) is 2.78. The third-order valence-electron chi connectivity index (χ3n) is 3.17. The van der Waals surface area contributed by atoms with Crippen LogP contribution in [-0.2, 0) is 13.0 Å². The van der Waals surface area contributed by atoms with E-state index in [9.17, 15) is 9.18 Å². The molecule has 0 aliphatic heterocycles. The van der Waals surface area contributed by atoms with Crippen LogP contribution in [0.4, 0.5) is 4.39 Å². The van der Waals surface area contributed by atoms with E-state index in [0.29, 0.717) is 11.3 Å². The Bertz CT molecular complexity index is 854. The van der Waals surface area contributed by atoms with E-state index in [1.807, 2.05) is 6.07 Å². The Morgan fingerprint density at radius 2 is 2.12 bits per heavy atom. The molecule has 0 fully saturated rings. The highest BCUT2D eigenvalue weighted by Gasteiger charge is 2.16. The van der Waals surface area contributed by atoms with Crippen molar-refractivity contribution in [2.45, 2.75) is 13.0 Å². The fourth-order valence-corrected chi connectivity index (χ4v) is 2.23. The van der Waals surface area contributed by atoms with Gasteiger partial charge in [-0.15, -0.1) is 10.2 Å². The molecular weight excluding hydrogens is 335 g/mol. The molecule has 1 amide bonds. The van der Waals surface area contributed by atoms with Crippen LogP contribution in [0.3, 0.4) is 0 Å². The highest BCUT2D eigenvalue weighted by Crippen LogP contribution is 2.20. The van der Waals surface area contributed by atoms with Gasteiger partial charge in [0.25, 0.3) is 0 Å². The summed E-state index contributed by atoms with van der Waals surface area (Å²) < 4.78 is 18.3. The normalized spacial score (nSPS) is 10.6. The third-order valence-corrected chi connectivity index (χ3v) is 3.53. The molecule has 0 unspecified atom stereocenters. The first kappa shape index (κ1) is 16.1. The molecule has 1 aromatic carbocycles. The van der Waals surface area contributed by atoms with Crippen molar-refractivity contribution >= 4 is 17.5 Å². The second-order valence-corrected chi connectivity index (χ2v) is 5.32. The van der Waals surface area contributed by atoms with Crippen LogP contribution < -0.4 is 5.32 Å². The molecule has 2 aromatic heterocycles. The molecule has 122 valence electrons. The average molecular weight is 347 g/mol. The van der Waals surface area contributed by atoms with E-state index < -0.39 is 11.7 Å². The van der Waals surface area contributed by atoms with E-state index >= 15 is 0 Å². The average Bonchev–Trinajstić information content (AvgIpc) is 3.05. The molecule has 0 aliphatic carbocycles. The van der Waals surface area contributed by atoms with Gasteiger partial charge in [-0.1, -0.05) is 23.7 Å². The van der Waals surface area contributed by atoms with Crippen LogP contribution in [0.15, 0.2) is 47.0 Å². The van der Waals surface area contributed by atoms with Crippen LogP contribution in [0.1, 0.15) is 27.8 Å². The molecule has 0 spiro atoms. The van der Waals surface area contributed by atoms with Gasteiger partial charge in [0.15, 0.2) is 0 Å². The number of nitrogens with one attached hydrogen (secondary N) is 1. The molecule has 0 atom stereocenters. The first-order valence-corrected chi connectivity index (χ1v) is 7.44. The van der Waals surface area contributed by atoms with E-state index in [4.69, 9.17) is 16.0 Å². The molecule has 3 rings (SSSR count). The maximum Gasteiger partial charge on any atom is 0.309 e. The summed E-state index contributed by atoms with van der Waals surface area (Å²) in [6.45, 7) is 0.251. The van der Waals surface area contributed by atoms with Gasteiger partial charge in [-0.3, -0.25) is 9.78 Å². The van der Waals surface area contributed by atoms with Crippen LogP contribution in [-0.4, -0.2) is 21.1 Å². The molecule has 0 aliphatic rings. The molecule has 0 radical (unpaired) electrons. The van der Waals surface area contributed by atoms with Crippen molar-refractivity contribution in [1.82, 2.24) is 20.5 Å². The van der Waals surface area contributed by atoms with Crippen molar-refractivity contribution in [2.24, 2.45) is 0 Å². The minimum atomic E-state index is -0.496. The Morgan fingerprint density at radius 1 is 1.25 bits per heavy atom. The summed E-state index contributed by atoms with van der Waals surface area (Å²) in [6, 6.07) is 9.42. The Kier molecular flexibility index (Phi) is 4.81. The summed E-state index contributed by atoms with van der Waals surface area (Å²) in [5.41, 5.74) is 1.34. The summed E-state index contributed by atoms with van der Waals surface area (Å²) in [5, 5.41) is 10.4. The quantitative estimate of drug-likeness (QED) is 0.768. The Labute approximate surface area is 141 Å². The summed E-state index contributed by atoms with van der Waals surface area (Å²) >= 11 is 5.95. The van der Waals surface area contributed by atoms with Gasteiger partial charge in [-0.05, 0) is 29.8 Å². The third kappa shape index (κ3) is 3.94. The Balaban J connectivity index is 1.63. The first-order chi connectivity index (χ1) is 11.6. The largest absolute Gasteiger partial charge is 0.417 e. The molecule has 24 heavy (non-hydrogen) atoms. The lowest BCUT2D eigenvalue weighted by Gasteiger charge is -2.01. The van der Waals surface area contributed by atoms with E-state index in [0.717, 1.165) is 0 Å². The number of hydrogen-bond acceptors (Lipinski definition) is 5. The number of benzene rings is 1. The molecule has 0 bridgehead atoms. The van der Waals surface area contributed by atoms with Gasteiger partial charge in [0.1, 0.15) is 5.82 Å². The molecule has 8 heteroatoms. The van der Waals surface area contributed by atoms with Crippen molar-refractivity contribution in [3.05, 3.63) is 76.5 Å². The fourth-order valence-electron chi connectivity index (χ4n) is 1.99. The van der Waals surface area contributed by atoms with Crippen molar-refractivity contribution in [3.8, 4) is 0 Å². The van der Waals surface area contributed by atoms with Crippen molar-refractivity contribution in [1.29, 1.82) is 0 Å². The second-order valence-electron chi connectivity index (χ2n) is 4.92. The lowest BCUT2D eigenvalue weighted by atomic mass is 10.1. The van der Waals surface area contributed by atoms with Crippen molar-refractivity contribution in [3.63, 3.8) is 0 Å². The number of pyridine rings is 1. The summed E-state index contributed by atoms with van der Waals surface area (Å²) in [6.07, 6.45) is 1.85. The molecule has 0 saturated carbocycles. The number of nitrogens with zero attached hydrogens (tertiary/aromatic N) is 3. The molecule has 0 saturated heterocycles. The van der Waals surface area contributed by atoms with Gasteiger partial charge >= 0.3 is 11.8 Å². The lowest BCUT2D eigenvalue weighted by Crippen LogP contribution is -2.23. The smallest absolute Gasteiger partial charge is 0.309 e. The zero-order valence-electron chi connectivity index (χ0n) is 12.4. The number of hydrogen-bond donors (Lipinski definition) is 1. The first-order valence-electron chi connectivity index (χ1n) is 7.06. The van der Waals surface area contributed by atoms with Gasteiger partial charge in [-0.25, -0.2) is 4.39 Å². The van der Waals surface area contributed by atoms with Gasteiger partial charge in [0.2, 0.25) is 5.89 Å². The zero-order valence-corrected chi connectivity index (χ0v) is 13.1. The number of halogens is 2. The number of carbonyl (C=O) groups excluding carboxylic acids is 1. The summed E-state index contributed by atoms with van der Waals surface area (Å²) in [7, 11) is 0. The number of amides is 1. The van der Waals surface area contributed by atoms with Gasteiger partial charge < -0.3 is 9.73 Å². The SMILES string of the molecule is O=C(NCc1ccccn1)c1nnc(Cc2ccc(F)cc2Cl)o1. The van der Waals surface area contributed by atoms with E-state index in [1.165, 1.54) is 18.2 Å². The molecule has 1 N–H and O–H groups in total. The van der Waals surface area contributed by atoms with E-state index in [-0.39, 0.29) is 29.8 Å². The van der Waals surface area contributed by atoms with Crippen LogP contribution in [0.2, 0.25) is 5.02 Å². The predicted molar refractivity (Wildman–Crippen MR) is 83.9 cm³/mol. The molecule has 2 heterocycles. The van der Waals surface area contributed by atoms with Gasteiger partial charge in [-0.2, -0.15) is 0 Å². The maximum absolute atomic E-state index is 13.0. The number of carbonyl (C=O) groups is 1. The van der Waals surface area contributed by atoms with Crippen LogP contribution in [0.5, 0.6) is 0 Å². The molecular formula is C16H12ClFN4O2. The number of aromatic nitrogens is 3. The standard InChI is InChI=1S/C16H12ClFN4O2/c17-13-8-11(18)5-4-10(13)7-14-21-22-16(24-14)15(23)20-9-12-3-1-2-6-19-12/h1-6,8H,7,9H2,(H,20,23). The highest BCUT2D eigenvalue weighted by atomic mass is 35.5. The van der Waals surface area contributed by atoms with E-state index in [1.54, 1.807) is 18.3 Å². The fraction of sp³-hybridized carbons (Fsp3) is 0.125. The minimum absolute atomic E-state index is 0.154. The van der Waals surface area contributed by atoms with Crippen LogP contribution in [0.25, 0.3) is 0 Å². The number of rotatable bonds is 5. The highest BCUT2D eigenvalue weighted by molar-refractivity contribution is 6.31. The second kappa shape index (κ2) is 7.18. The summed E-state index contributed by atoms with van der Waals surface area (Å²) in [4.78, 5) is 16.1. The Hall–Kier alpha value is -2.80.